The molecular formula is C23H33N3O3. The van der Waals surface area contributed by atoms with Crippen molar-refractivity contribution in [2.24, 2.45) is 5.92 Å². The third-order valence-corrected chi connectivity index (χ3v) is 5.55. The average molecular weight is 400 g/mol. The maximum atomic E-state index is 13.1. The van der Waals surface area contributed by atoms with Crippen LogP contribution >= 0.6 is 0 Å². The van der Waals surface area contributed by atoms with Crippen molar-refractivity contribution in [2.45, 2.75) is 77.5 Å². The highest BCUT2D eigenvalue weighted by Crippen LogP contribution is 2.24. The topological polar surface area (TPSA) is 83.2 Å². The summed E-state index contributed by atoms with van der Waals surface area (Å²) in [5.41, 5.74) is 1.39. The van der Waals surface area contributed by atoms with Gasteiger partial charge in [0.2, 0.25) is 5.91 Å². The van der Waals surface area contributed by atoms with Crippen molar-refractivity contribution in [3.8, 4) is 0 Å². The van der Waals surface area contributed by atoms with Crippen LogP contribution in [0.2, 0.25) is 0 Å². The Kier molecular flexibility index (Phi) is 6.50. The number of nitrogens with one attached hydrogen (secondary N) is 3. The molecule has 1 aromatic carbocycles. The van der Waals surface area contributed by atoms with E-state index in [4.69, 9.17) is 4.74 Å². The Morgan fingerprint density at radius 2 is 1.93 bits per heavy atom. The van der Waals surface area contributed by atoms with Gasteiger partial charge in [-0.25, -0.2) is 4.79 Å². The molecule has 2 amide bonds. The Morgan fingerprint density at radius 3 is 2.66 bits per heavy atom. The number of aromatic amines is 1. The number of ether oxygens (including phenoxy) is 1. The first-order chi connectivity index (χ1) is 13.7. The Balaban J connectivity index is 1.76. The van der Waals surface area contributed by atoms with Gasteiger partial charge in [0.25, 0.3) is 0 Å². The van der Waals surface area contributed by atoms with Crippen LogP contribution in [0.15, 0.2) is 30.5 Å². The van der Waals surface area contributed by atoms with E-state index in [1.54, 1.807) is 0 Å². The SMILES string of the molecule is C[C@@H]1CCCC[C@@H]1NC(=O)[C@H](Cc1c[nH]c2ccccc12)NC(=O)OC(C)(C)C. The molecule has 158 valence electrons. The predicted molar refractivity (Wildman–Crippen MR) is 115 cm³/mol. The molecule has 0 spiro atoms. The molecular weight excluding hydrogens is 366 g/mol. The number of para-hydroxylation sites is 1. The zero-order valence-corrected chi connectivity index (χ0v) is 17.9. The predicted octanol–water partition coefficient (Wildman–Crippen LogP) is 4.30. The van der Waals surface area contributed by atoms with E-state index in [-0.39, 0.29) is 11.9 Å². The molecule has 0 saturated heterocycles. The minimum atomic E-state index is -0.696. The first-order valence-electron chi connectivity index (χ1n) is 10.6. The smallest absolute Gasteiger partial charge is 0.408 e. The zero-order chi connectivity index (χ0) is 21.0. The minimum absolute atomic E-state index is 0.153. The van der Waals surface area contributed by atoms with Crippen LogP contribution in [0.4, 0.5) is 4.79 Å². The summed E-state index contributed by atoms with van der Waals surface area (Å²) in [7, 11) is 0. The van der Waals surface area contributed by atoms with Crippen molar-refractivity contribution < 1.29 is 14.3 Å². The Labute approximate surface area is 172 Å². The van der Waals surface area contributed by atoms with Crippen LogP contribution in [0.5, 0.6) is 0 Å². The standard InChI is InChI=1S/C23H33N3O3/c1-15-9-5-7-11-18(15)25-21(27)20(26-22(28)29-23(2,3)4)13-16-14-24-19-12-8-6-10-17(16)19/h6,8,10,12,14-15,18,20,24H,5,7,9,11,13H2,1-4H3,(H,25,27)(H,26,28)/t15-,18+,20+/m1/s1. The van der Waals surface area contributed by atoms with Crippen LogP contribution in [0, 0.1) is 5.92 Å². The zero-order valence-electron chi connectivity index (χ0n) is 17.9. The molecule has 1 saturated carbocycles. The molecule has 1 heterocycles. The summed E-state index contributed by atoms with van der Waals surface area (Å²) in [6, 6.07) is 7.42. The summed E-state index contributed by atoms with van der Waals surface area (Å²) >= 11 is 0. The van der Waals surface area contributed by atoms with Gasteiger partial charge in [-0.2, -0.15) is 0 Å². The molecule has 0 radical (unpaired) electrons. The van der Waals surface area contributed by atoms with Crippen LogP contribution < -0.4 is 10.6 Å². The molecule has 1 aromatic heterocycles. The third-order valence-electron chi connectivity index (χ3n) is 5.55. The second kappa shape index (κ2) is 8.89. The number of hydrogen-bond donors (Lipinski definition) is 3. The summed E-state index contributed by atoms with van der Waals surface area (Å²) < 4.78 is 5.40. The number of fused-ring (bicyclic) bond motifs is 1. The highest BCUT2D eigenvalue weighted by Gasteiger charge is 2.29. The third kappa shape index (κ3) is 5.75. The van der Waals surface area contributed by atoms with Crippen molar-refractivity contribution in [3.05, 3.63) is 36.0 Å². The lowest BCUT2D eigenvalue weighted by molar-refractivity contribution is -0.124. The van der Waals surface area contributed by atoms with Gasteiger partial charge in [0, 0.05) is 29.6 Å². The number of rotatable bonds is 5. The minimum Gasteiger partial charge on any atom is -0.444 e. The van der Waals surface area contributed by atoms with Gasteiger partial charge in [-0.15, -0.1) is 0 Å². The Bertz CT molecular complexity index is 852. The van der Waals surface area contributed by atoms with Crippen molar-refractivity contribution in [3.63, 3.8) is 0 Å². The quantitative estimate of drug-likeness (QED) is 0.701. The Hall–Kier alpha value is -2.50. The molecule has 6 nitrogen and oxygen atoms in total. The van der Waals surface area contributed by atoms with E-state index < -0.39 is 17.7 Å². The van der Waals surface area contributed by atoms with E-state index in [9.17, 15) is 9.59 Å². The van der Waals surface area contributed by atoms with Crippen LogP contribution in [0.3, 0.4) is 0 Å². The highest BCUT2D eigenvalue weighted by molar-refractivity contribution is 5.88. The van der Waals surface area contributed by atoms with E-state index in [1.807, 2.05) is 51.2 Å². The van der Waals surface area contributed by atoms with Crippen molar-refractivity contribution >= 4 is 22.9 Å². The van der Waals surface area contributed by atoms with E-state index >= 15 is 0 Å². The maximum absolute atomic E-state index is 13.1. The van der Waals surface area contributed by atoms with E-state index in [1.165, 1.54) is 6.42 Å². The number of aromatic nitrogens is 1. The summed E-state index contributed by atoms with van der Waals surface area (Å²) in [6.45, 7) is 7.61. The molecule has 29 heavy (non-hydrogen) atoms. The van der Waals surface area contributed by atoms with E-state index in [0.29, 0.717) is 12.3 Å². The number of alkyl carbamates (subject to hydrolysis) is 1. The van der Waals surface area contributed by atoms with Crippen molar-refractivity contribution in [1.82, 2.24) is 15.6 Å². The number of amides is 2. The maximum Gasteiger partial charge on any atom is 0.408 e. The fraction of sp³-hybridized carbons (Fsp3) is 0.565. The van der Waals surface area contributed by atoms with E-state index in [2.05, 4.69) is 22.5 Å². The summed E-state index contributed by atoms with van der Waals surface area (Å²) in [4.78, 5) is 28.8. The van der Waals surface area contributed by atoms with Crippen molar-refractivity contribution in [1.29, 1.82) is 0 Å². The molecule has 3 atom stereocenters. The van der Waals surface area contributed by atoms with Crippen LogP contribution in [0.1, 0.15) is 58.9 Å². The number of benzene rings is 1. The van der Waals surface area contributed by atoms with Gasteiger partial charge in [-0.05, 0) is 51.2 Å². The average Bonchev–Trinajstić information content (AvgIpc) is 3.04. The molecule has 1 aliphatic carbocycles. The number of carbonyl (C=O) groups is 2. The summed E-state index contributed by atoms with van der Waals surface area (Å²) in [5, 5.41) is 7.03. The fourth-order valence-electron chi connectivity index (χ4n) is 3.99. The number of H-pyrrole nitrogens is 1. The second-order valence-corrected chi connectivity index (χ2v) is 9.14. The molecule has 3 rings (SSSR count). The van der Waals surface area contributed by atoms with Gasteiger partial charge >= 0.3 is 6.09 Å². The van der Waals surface area contributed by atoms with Gasteiger partial charge in [-0.1, -0.05) is 38.0 Å². The highest BCUT2D eigenvalue weighted by atomic mass is 16.6. The number of hydrogen-bond acceptors (Lipinski definition) is 3. The first kappa shape index (κ1) is 21.2. The lowest BCUT2D eigenvalue weighted by Crippen LogP contribution is -2.53. The lowest BCUT2D eigenvalue weighted by atomic mass is 9.85. The first-order valence-corrected chi connectivity index (χ1v) is 10.6. The summed E-state index contributed by atoms with van der Waals surface area (Å²) in [6.07, 6.45) is 6.18. The second-order valence-electron chi connectivity index (χ2n) is 9.14. The fourth-order valence-corrected chi connectivity index (χ4v) is 3.99. The van der Waals surface area contributed by atoms with Crippen LogP contribution in [-0.4, -0.2) is 34.7 Å². The van der Waals surface area contributed by atoms with Gasteiger partial charge in [0.15, 0.2) is 0 Å². The van der Waals surface area contributed by atoms with Crippen LogP contribution in [0.25, 0.3) is 10.9 Å². The largest absolute Gasteiger partial charge is 0.444 e. The summed E-state index contributed by atoms with van der Waals surface area (Å²) in [5.74, 6) is 0.294. The molecule has 6 heteroatoms. The molecule has 0 bridgehead atoms. The molecule has 0 unspecified atom stereocenters. The van der Waals surface area contributed by atoms with Gasteiger partial charge < -0.3 is 20.4 Å². The van der Waals surface area contributed by atoms with Crippen molar-refractivity contribution in [2.75, 3.05) is 0 Å². The molecule has 3 N–H and O–H groups in total. The molecule has 1 aliphatic rings. The number of carbonyl (C=O) groups excluding carboxylic acids is 2. The van der Waals surface area contributed by atoms with Gasteiger partial charge in [0.1, 0.15) is 11.6 Å². The molecule has 1 fully saturated rings. The normalized spacial score (nSPS) is 20.8. The van der Waals surface area contributed by atoms with Gasteiger partial charge in [0.05, 0.1) is 0 Å². The van der Waals surface area contributed by atoms with Gasteiger partial charge in [-0.3, -0.25) is 4.79 Å². The molecule has 2 aromatic rings. The lowest BCUT2D eigenvalue weighted by Gasteiger charge is -2.31. The molecule has 0 aliphatic heterocycles. The van der Waals surface area contributed by atoms with Crippen LogP contribution in [-0.2, 0) is 16.0 Å². The Morgan fingerprint density at radius 1 is 1.21 bits per heavy atom. The monoisotopic (exact) mass is 399 g/mol. The van der Waals surface area contributed by atoms with E-state index in [0.717, 1.165) is 35.7 Å².